The Bertz CT molecular complexity index is 528. The van der Waals surface area contributed by atoms with E-state index in [0.717, 1.165) is 23.3 Å². The molecule has 0 fully saturated rings. The van der Waals surface area contributed by atoms with E-state index in [1.54, 1.807) is 0 Å². The van der Waals surface area contributed by atoms with Crippen molar-refractivity contribution in [2.75, 3.05) is 0 Å². The van der Waals surface area contributed by atoms with E-state index in [1.807, 2.05) is 32.0 Å². The Balaban J connectivity index is 2.83. The van der Waals surface area contributed by atoms with Crippen molar-refractivity contribution in [3.8, 4) is 0 Å². The van der Waals surface area contributed by atoms with E-state index in [9.17, 15) is 4.79 Å². The first kappa shape index (κ1) is 8.94. The summed E-state index contributed by atoms with van der Waals surface area (Å²) in [6.07, 6.45) is 0.749. The van der Waals surface area contributed by atoms with Crippen LogP contribution in [0.2, 0.25) is 0 Å². The molecule has 3 heteroatoms. The monoisotopic (exact) mass is 188 g/mol. The maximum Gasteiger partial charge on any atom is 0.258 e. The highest BCUT2D eigenvalue weighted by atomic mass is 16.1. The Kier molecular flexibility index (Phi) is 2.08. The molecule has 3 nitrogen and oxygen atoms in total. The highest BCUT2D eigenvalue weighted by Crippen LogP contribution is 2.09. The minimum Gasteiger partial charge on any atom is -0.310 e. The highest BCUT2D eigenvalue weighted by molar-refractivity contribution is 5.78. The van der Waals surface area contributed by atoms with Crippen LogP contribution < -0.4 is 5.56 Å². The van der Waals surface area contributed by atoms with Crippen LogP contribution in [0.4, 0.5) is 0 Å². The second-order valence-corrected chi connectivity index (χ2v) is 3.39. The number of nitrogens with one attached hydrogen (secondary N) is 1. The lowest BCUT2D eigenvalue weighted by Gasteiger charge is -2.00. The molecule has 1 N–H and O–H groups in total. The zero-order valence-corrected chi connectivity index (χ0v) is 8.29. The quantitative estimate of drug-likeness (QED) is 0.741. The normalized spacial score (nSPS) is 10.7. The summed E-state index contributed by atoms with van der Waals surface area (Å²) >= 11 is 0. The molecule has 0 saturated heterocycles. The van der Waals surface area contributed by atoms with Crippen molar-refractivity contribution < 1.29 is 0 Å². The molecule has 0 bridgehead atoms. The topological polar surface area (TPSA) is 45.8 Å². The Hall–Kier alpha value is -1.64. The van der Waals surface area contributed by atoms with Gasteiger partial charge in [-0.3, -0.25) is 4.79 Å². The average molecular weight is 188 g/mol. The number of aryl methyl sites for hydroxylation is 2. The van der Waals surface area contributed by atoms with Gasteiger partial charge in [-0.05, 0) is 19.1 Å². The molecule has 0 atom stereocenters. The first-order valence-electron chi connectivity index (χ1n) is 4.70. The average Bonchev–Trinajstić information content (AvgIpc) is 2.19. The summed E-state index contributed by atoms with van der Waals surface area (Å²) in [5.74, 6) is 0.742. The van der Waals surface area contributed by atoms with Gasteiger partial charge in [-0.1, -0.05) is 18.6 Å². The van der Waals surface area contributed by atoms with Crippen LogP contribution in [0.25, 0.3) is 10.9 Å². The summed E-state index contributed by atoms with van der Waals surface area (Å²) in [6.45, 7) is 3.94. The highest BCUT2D eigenvalue weighted by Gasteiger charge is 2.01. The fourth-order valence-corrected chi connectivity index (χ4v) is 1.47. The van der Waals surface area contributed by atoms with Crippen LogP contribution in [0.15, 0.2) is 23.0 Å². The van der Waals surface area contributed by atoms with Gasteiger partial charge in [0.05, 0.1) is 10.9 Å². The molecular formula is C11H12N2O. The molecule has 0 aliphatic rings. The van der Waals surface area contributed by atoms with Gasteiger partial charge in [0.15, 0.2) is 0 Å². The first-order chi connectivity index (χ1) is 6.70. The number of benzene rings is 1. The summed E-state index contributed by atoms with van der Waals surface area (Å²) in [5.41, 5.74) is 1.81. The zero-order valence-electron chi connectivity index (χ0n) is 8.29. The fourth-order valence-electron chi connectivity index (χ4n) is 1.47. The fraction of sp³-hybridized carbons (Fsp3) is 0.273. The van der Waals surface area contributed by atoms with E-state index in [4.69, 9.17) is 0 Å². The molecule has 1 heterocycles. The van der Waals surface area contributed by atoms with Gasteiger partial charge in [-0.2, -0.15) is 0 Å². The molecule has 0 aliphatic heterocycles. The van der Waals surface area contributed by atoms with Crippen LogP contribution in [-0.4, -0.2) is 9.97 Å². The predicted molar refractivity (Wildman–Crippen MR) is 56.5 cm³/mol. The van der Waals surface area contributed by atoms with Crippen LogP contribution in [0.5, 0.6) is 0 Å². The van der Waals surface area contributed by atoms with Crippen LogP contribution in [0.3, 0.4) is 0 Å². The summed E-state index contributed by atoms with van der Waals surface area (Å²) in [6, 6.07) is 5.72. The van der Waals surface area contributed by atoms with Gasteiger partial charge < -0.3 is 4.98 Å². The lowest BCUT2D eigenvalue weighted by molar-refractivity contribution is 0.944. The minimum absolute atomic E-state index is 0.0458. The van der Waals surface area contributed by atoms with Crippen molar-refractivity contribution in [3.05, 3.63) is 39.9 Å². The Morgan fingerprint density at radius 3 is 2.93 bits per heavy atom. The van der Waals surface area contributed by atoms with E-state index in [1.165, 1.54) is 0 Å². The summed E-state index contributed by atoms with van der Waals surface area (Å²) in [4.78, 5) is 18.7. The number of hydrogen-bond acceptors (Lipinski definition) is 2. The first-order valence-corrected chi connectivity index (χ1v) is 4.70. The molecule has 0 radical (unpaired) electrons. The van der Waals surface area contributed by atoms with Gasteiger partial charge in [0, 0.05) is 6.42 Å². The number of hydrogen-bond donors (Lipinski definition) is 1. The second kappa shape index (κ2) is 3.25. The van der Waals surface area contributed by atoms with Gasteiger partial charge in [-0.15, -0.1) is 0 Å². The molecule has 1 aromatic carbocycles. The molecule has 14 heavy (non-hydrogen) atoms. The third kappa shape index (κ3) is 1.41. The van der Waals surface area contributed by atoms with Crippen LogP contribution in [0.1, 0.15) is 18.3 Å². The van der Waals surface area contributed by atoms with Gasteiger partial charge in [-0.25, -0.2) is 4.98 Å². The second-order valence-electron chi connectivity index (χ2n) is 3.39. The molecule has 72 valence electrons. The van der Waals surface area contributed by atoms with E-state index in [2.05, 4.69) is 9.97 Å². The van der Waals surface area contributed by atoms with Crippen molar-refractivity contribution in [1.82, 2.24) is 9.97 Å². The van der Waals surface area contributed by atoms with Crippen molar-refractivity contribution in [2.24, 2.45) is 0 Å². The largest absolute Gasteiger partial charge is 0.310 e. The SMILES string of the molecule is CCc1nc2ccc(C)cc2c(=O)[nH]1. The number of aromatic amines is 1. The van der Waals surface area contributed by atoms with Crippen molar-refractivity contribution in [2.45, 2.75) is 20.3 Å². The zero-order chi connectivity index (χ0) is 10.1. The van der Waals surface area contributed by atoms with E-state index >= 15 is 0 Å². The predicted octanol–water partition coefficient (Wildman–Crippen LogP) is 1.79. The van der Waals surface area contributed by atoms with E-state index in [0.29, 0.717) is 5.39 Å². The smallest absolute Gasteiger partial charge is 0.258 e. The summed E-state index contributed by atoms with van der Waals surface area (Å²) in [7, 11) is 0. The van der Waals surface area contributed by atoms with Crippen LogP contribution in [-0.2, 0) is 6.42 Å². The van der Waals surface area contributed by atoms with Crippen molar-refractivity contribution in [3.63, 3.8) is 0 Å². The molecule has 2 aromatic rings. The van der Waals surface area contributed by atoms with Gasteiger partial charge >= 0.3 is 0 Å². The lowest BCUT2D eigenvalue weighted by atomic mass is 10.2. The van der Waals surface area contributed by atoms with Crippen LogP contribution in [0, 0.1) is 6.92 Å². The maximum absolute atomic E-state index is 11.6. The van der Waals surface area contributed by atoms with E-state index < -0.39 is 0 Å². The molecule has 0 unspecified atom stereocenters. The van der Waals surface area contributed by atoms with Gasteiger partial charge in [0.25, 0.3) is 5.56 Å². The molecule has 2 rings (SSSR count). The number of rotatable bonds is 1. The lowest BCUT2D eigenvalue weighted by Crippen LogP contribution is -2.11. The third-order valence-electron chi connectivity index (χ3n) is 2.24. The molecule has 0 aliphatic carbocycles. The standard InChI is InChI=1S/C11H12N2O/c1-3-10-12-9-5-4-7(2)6-8(9)11(14)13-10/h4-6H,3H2,1-2H3,(H,12,13,14). The molecule has 1 aromatic heterocycles. The molecule has 0 amide bonds. The number of H-pyrrole nitrogens is 1. The molecule has 0 saturated carbocycles. The van der Waals surface area contributed by atoms with Gasteiger partial charge in [0.2, 0.25) is 0 Å². The molecular weight excluding hydrogens is 176 g/mol. The maximum atomic E-state index is 11.6. The molecule has 0 spiro atoms. The number of aromatic nitrogens is 2. The number of nitrogens with zero attached hydrogens (tertiary/aromatic N) is 1. The van der Waals surface area contributed by atoms with Crippen LogP contribution >= 0.6 is 0 Å². The van der Waals surface area contributed by atoms with E-state index in [-0.39, 0.29) is 5.56 Å². The third-order valence-corrected chi connectivity index (χ3v) is 2.24. The Morgan fingerprint density at radius 2 is 2.21 bits per heavy atom. The summed E-state index contributed by atoms with van der Waals surface area (Å²) in [5, 5.41) is 0.669. The minimum atomic E-state index is -0.0458. The Morgan fingerprint density at radius 1 is 1.43 bits per heavy atom. The summed E-state index contributed by atoms with van der Waals surface area (Å²) < 4.78 is 0. The van der Waals surface area contributed by atoms with Crippen molar-refractivity contribution in [1.29, 1.82) is 0 Å². The Labute approximate surface area is 81.8 Å². The van der Waals surface area contributed by atoms with Gasteiger partial charge in [0.1, 0.15) is 5.82 Å². The number of fused-ring (bicyclic) bond motifs is 1. The van der Waals surface area contributed by atoms with Crippen molar-refractivity contribution >= 4 is 10.9 Å².